The summed E-state index contributed by atoms with van der Waals surface area (Å²) in [6.07, 6.45) is 2.94. The zero-order valence-corrected chi connectivity index (χ0v) is 10.1. The molecule has 1 amide bonds. The molecule has 1 saturated heterocycles. The van der Waals surface area contributed by atoms with E-state index in [1.165, 1.54) is 16.8 Å². The molecule has 1 aromatic heterocycles. The average Bonchev–Trinajstić information content (AvgIpc) is 2.85. The molecule has 5 nitrogen and oxygen atoms in total. The van der Waals surface area contributed by atoms with E-state index in [1.54, 1.807) is 4.90 Å². The van der Waals surface area contributed by atoms with Crippen molar-refractivity contribution in [2.45, 2.75) is 32.7 Å². The minimum Gasteiger partial charge on any atom is -0.337 e. The summed E-state index contributed by atoms with van der Waals surface area (Å²) in [6, 6.07) is 2.95. The first-order valence-corrected chi connectivity index (χ1v) is 6.10. The molecule has 1 aliphatic rings. The Bertz CT molecular complexity index is 461. The molecule has 92 valence electrons. The second-order valence-electron chi connectivity index (χ2n) is 4.28. The van der Waals surface area contributed by atoms with Crippen LogP contribution in [0.2, 0.25) is 0 Å². The van der Waals surface area contributed by atoms with Gasteiger partial charge in [-0.1, -0.05) is 6.92 Å². The fraction of sp³-hybridized carbons (Fsp3) is 0.583. The van der Waals surface area contributed by atoms with Crippen LogP contribution < -0.4 is 5.56 Å². The third kappa shape index (κ3) is 2.54. The van der Waals surface area contributed by atoms with E-state index >= 15 is 0 Å². The second kappa shape index (κ2) is 5.12. The number of carbonyl (C=O) groups excluding carboxylic acids is 1. The highest BCUT2D eigenvalue weighted by Crippen LogP contribution is 2.10. The lowest BCUT2D eigenvalue weighted by Crippen LogP contribution is -2.31. The number of hydrogen-bond donors (Lipinski definition) is 0. The average molecular weight is 235 g/mol. The topological polar surface area (TPSA) is 55.2 Å². The van der Waals surface area contributed by atoms with Gasteiger partial charge in [-0.05, 0) is 25.3 Å². The van der Waals surface area contributed by atoms with Crippen LogP contribution in [0.5, 0.6) is 0 Å². The van der Waals surface area contributed by atoms with Gasteiger partial charge in [0.1, 0.15) is 5.69 Å². The first kappa shape index (κ1) is 11.8. The Kier molecular flexibility index (Phi) is 3.56. The molecule has 17 heavy (non-hydrogen) atoms. The van der Waals surface area contributed by atoms with Crippen LogP contribution in [0, 0.1) is 0 Å². The van der Waals surface area contributed by atoms with Crippen molar-refractivity contribution in [2.24, 2.45) is 0 Å². The van der Waals surface area contributed by atoms with Crippen LogP contribution in [-0.2, 0) is 6.54 Å². The van der Waals surface area contributed by atoms with Crippen molar-refractivity contribution in [1.29, 1.82) is 0 Å². The number of carbonyl (C=O) groups is 1. The molecule has 0 bridgehead atoms. The molecule has 1 fully saturated rings. The molecule has 0 N–H and O–H groups in total. The van der Waals surface area contributed by atoms with E-state index in [0.29, 0.717) is 12.2 Å². The fourth-order valence-corrected chi connectivity index (χ4v) is 2.02. The standard InChI is InChI=1S/C12H17N3O2/c1-2-7-15-11(16)6-5-10(13-15)12(17)14-8-3-4-9-14/h5-6H,2-4,7-9H2,1H3. The summed E-state index contributed by atoms with van der Waals surface area (Å²) in [7, 11) is 0. The molecule has 0 spiro atoms. The zero-order valence-electron chi connectivity index (χ0n) is 10.1. The van der Waals surface area contributed by atoms with Gasteiger partial charge in [0.25, 0.3) is 11.5 Å². The number of hydrogen-bond acceptors (Lipinski definition) is 3. The second-order valence-corrected chi connectivity index (χ2v) is 4.28. The molecule has 0 saturated carbocycles. The minimum atomic E-state index is -0.148. The zero-order chi connectivity index (χ0) is 12.3. The Hall–Kier alpha value is -1.65. The van der Waals surface area contributed by atoms with E-state index < -0.39 is 0 Å². The molecule has 0 unspecified atom stereocenters. The first-order valence-electron chi connectivity index (χ1n) is 6.10. The number of aryl methyl sites for hydroxylation is 1. The molecule has 2 rings (SSSR count). The first-order chi connectivity index (χ1) is 8.22. The predicted molar refractivity (Wildman–Crippen MR) is 63.9 cm³/mol. The van der Waals surface area contributed by atoms with Crippen molar-refractivity contribution in [2.75, 3.05) is 13.1 Å². The van der Waals surface area contributed by atoms with Gasteiger partial charge in [-0.25, -0.2) is 4.68 Å². The largest absolute Gasteiger partial charge is 0.337 e. The molecular weight excluding hydrogens is 218 g/mol. The lowest BCUT2D eigenvalue weighted by molar-refractivity contribution is 0.0784. The SMILES string of the molecule is CCCn1nc(C(=O)N2CCCC2)ccc1=O. The normalized spacial score (nSPS) is 15.2. The summed E-state index contributed by atoms with van der Waals surface area (Å²) >= 11 is 0. The molecule has 1 aromatic rings. The van der Waals surface area contributed by atoms with Gasteiger partial charge in [-0.2, -0.15) is 5.10 Å². The van der Waals surface area contributed by atoms with E-state index in [0.717, 1.165) is 32.4 Å². The third-order valence-electron chi connectivity index (χ3n) is 2.91. The molecular formula is C12H17N3O2. The Morgan fingerprint density at radius 3 is 2.71 bits per heavy atom. The van der Waals surface area contributed by atoms with Crippen LogP contribution in [0.3, 0.4) is 0 Å². The molecule has 0 radical (unpaired) electrons. The highest BCUT2D eigenvalue weighted by Gasteiger charge is 2.20. The number of amides is 1. The lowest BCUT2D eigenvalue weighted by Gasteiger charge is -2.14. The summed E-state index contributed by atoms with van der Waals surface area (Å²) in [4.78, 5) is 25.3. The van der Waals surface area contributed by atoms with Gasteiger partial charge in [-0.3, -0.25) is 9.59 Å². The summed E-state index contributed by atoms with van der Waals surface area (Å²) in [6.45, 7) is 4.13. The van der Waals surface area contributed by atoms with E-state index in [2.05, 4.69) is 5.10 Å². The number of likely N-dealkylation sites (tertiary alicyclic amines) is 1. The Morgan fingerprint density at radius 1 is 1.35 bits per heavy atom. The maximum absolute atomic E-state index is 12.1. The maximum atomic E-state index is 12.1. The smallest absolute Gasteiger partial charge is 0.274 e. The Balaban J connectivity index is 2.23. The van der Waals surface area contributed by atoms with Crippen molar-refractivity contribution < 1.29 is 4.79 Å². The third-order valence-corrected chi connectivity index (χ3v) is 2.91. The molecule has 0 aromatic carbocycles. The quantitative estimate of drug-likeness (QED) is 0.781. The molecule has 5 heteroatoms. The lowest BCUT2D eigenvalue weighted by atomic mass is 10.3. The highest BCUT2D eigenvalue weighted by molar-refractivity contribution is 5.92. The van der Waals surface area contributed by atoms with E-state index in [1.807, 2.05) is 6.92 Å². The molecule has 1 aliphatic heterocycles. The predicted octanol–water partition coefficient (Wildman–Crippen LogP) is 0.889. The minimum absolute atomic E-state index is 0.0626. The van der Waals surface area contributed by atoms with Crippen LogP contribution in [0.4, 0.5) is 0 Å². The van der Waals surface area contributed by atoms with Crippen molar-refractivity contribution in [3.05, 3.63) is 28.2 Å². The number of rotatable bonds is 3. The van der Waals surface area contributed by atoms with Crippen molar-refractivity contribution in [3.63, 3.8) is 0 Å². The van der Waals surface area contributed by atoms with Crippen molar-refractivity contribution in [3.8, 4) is 0 Å². The molecule has 0 aliphatic carbocycles. The van der Waals surface area contributed by atoms with Gasteiger partial charge in [0.05, 0.1) is 0 Å². The summed E-state index contributed by atoms with van der Waals surface area (Å²) in [5, 5.41) is 4.12. The van der Waals surface area contributed by atoms with E-state index in [-0.39, 0.29) is 11.5 Å². The van der Waals surface area contributed by atoms with Crippen LogP contribution in [0.15, 0.2) is 16.9 Å². The van der Waals surface area contributed by atoms with Crippen LogP contribution in [0.1, 0.15) is 36.7 Å². The summed E-state index contributed by atoms with van der Waals surface area (Å²) in [5.74, 6) is -0.0626. The highest BCUT2D eigenvalue weighted by atomic mass is 16.2. The van der Waals surface area contributed by atoms with Crippen LogP contribution >= 0.6 is 0 Å². The van der Waals surface area contributed by atoms with Crippen LogP contribution in [0.25, 0.3) is 0 Å². The van der Waals surface area contributed by atoms with E-state index in [4.69, 9.17) is 0 Å². The van der Waals surface area contributed by atoms with Crippen LogP contribution in [-0.4, -0.2) is 33.7 Å². The van der Waals surface area contributed by atoms with Gasteiger partial charge in [0.15, 0.2) is 0 Å². The van der Waals surface area contributed by atoms with Gasteiger partial charge in [0.2, 0.25) is 0 Å². The molecule has 2 heterocycles. The van der Waals surface area contributed by atoms with E-state index in [9.17, 15) is 9.59 Å². The van der Waals surface area contributed by atoms with Gasteiger partial charge in [-0.15, -0.1) is 0 Å². The summed E-state index contributed by atoms with van der Waals surface area (Å²) < 4.78 is 1.36. The Morgan fingerprint density at radius 2 is 2.06 bits per heavy atom. The number of nitrogens with zero attached hydrogens (tertiary/aromatic N) is 3. The fourth-order valence-electron chi connectivity index (χ4n) is 2.02. The van der Waals surface area contributed by atoms with Crippen molar-refractivity contribution >= 4 is 5.91 Å². The Labute approximate surface area is 100 Å². The monoisotopic (exact) mass is 235 g/mol. The number of aromatic nitrogens is 2. The van der Waals surface area contributed by atoms with Crippen molar-refractivity contribution in [1.82, 2.24) is 14.7 Å². The molecule has 0 atom stereocenters. The summed E-state index contributed by atoms with van der Waals surface area (Å²) in [5.41, 5.74) is 0.227. The maximum Gasteiger partial charge on any atom is 0.274 e. The van der Waals surface area contributed by atoms with Gasteiger partial charge in [0, 0.05) is 25.7 Å². The van der Waals surface area contributed by atoms with Gasteiger partial charge >= 0.3 is 0 Å². The van der Waals surface area contributed by atoms with Gasteiger partial charge < -0.3 is 4.90 Å².